The highest BCUT2D eigenvalue weighted by molar-refractivity contribution is 5.86. The second-order valence-corrected chi connectivity index (χ2v) is 9.40. The molecule has 1 spiro atoms. The van der Waals surface area contributed by atoms with Crippen molar-refractivity contribution >= 4 is 11.8 Å². The van der Waals surface area contributed by atoms with E-state index in [1.807, 2.05) is 23.1 Å². The molecule has 0 aliphatic carbocycles. The molecular weight excluding hydrogens is 406 g/mol. The topological polar surface area (TPSA) is 71.1 Å². The number of carbonyl (C=O) groups is 2. The molecule has 0 radical (unpaired) electrons. The fraction of sp³-hybridized carbons (Fsp3) is 0.680. The minimum Gasteiger partial charge on any atom is -0.491 e. The summed E-state index contributed by atoms with van der Waals surface area (Å²) in [5.74, 6) is 0.994. The normalized spacial score (nSPS) is 28.1. The summed E-state index contributed by atoms with van der Waals surface area (Å²) in [6.07, 6.45) is 6.77. The molecule has 1 aromatic carbocycles. The van der Waals surface area contributed by atoms with Gasteiger partial charge in [-0.1, -0.05) is 18.2 Å². The third kappa shape index (κ3) is 5.44. The molecule has 1 N–H and O–H groups in total. The Balaban J connectivity index is 1.41. The molecule has 3 aliphatic heterocycles. The molecule has 7 heteroatoms. The van der Waals surface area contributed by atoms with Gasteiger partial charge >= 0.3 is 0 Å². The standard InChI is InChI=1S/C25H37N3O4/c1-20-8-5-7-14-28(20)23(29)18-27-15-17-32-25(19-27)12-6-4-10-21-9-2-3-11-22(21)31-16-13-26-24(25)30/h2-3,9,11,20H,4-8,10,12-19H2,1H3,(H,26,30). The third-order valence-electron chi connectivity index (χ3n) is 7.06. The number of nitrogens with zero attached hydrogens (tertiary/aromatic N) is 2. The van der Waals surface area contributed by atoms with Gasteiger partial charge in [0, 0.05) is 25.7 Å². The van der Waals surface area contributed by atoms with Gasteiger partial charge in [-0.25, -0.2) is 0 Å². The molecule has 3 heterocycles. The lowest BCUT2D eigenvalue weighted by molar-refractivity contribution is -0.164. The summed E-state index contributed by atoms with van der Waals surface area (Å²) in [5, 5.41) is 3.03. The Hall–Kier alpha value is -2.12. The van der Waals surface area contributed by atoms with Gasteiger partial charge in [0.1, 0.15) is 12.4 Å². The smallest absolute Gasteiger partial charge is 0.253 e. The van der Waals surface area contributed by atoms with Crippen LogP contribution in [0.1, 0.15) is 51.0 Å². The van der Waals surface area contributed by atoms with Gasteiger partial charge in [-0.3, -0.25) is 14.5 Å². The number of rotatable bonds is 2. The fourth-order valence-electron chi connectivity index (χ4n) is 5.21. The van der Waals surface area contributed by atoms with Crippen LogP contribution in [0, 0.1) is 0 Å². The maximum atomic E-state index is 13.2. The van der Waals surface area contributed by atoms with E-state index in [0.29, 0.717) is 51.9 Å². The van der Waals surface area contributed by atoms with Gasteiger partial charge in [0.25, 0.3) is 5.91 Å². The lowest BCUT2D eigenvalue weighted by atomic mass is 9.91. The summed E-state index contributed by atoms with van der Waals surface area (Å²) in [6.45, 7) is 5.81. The Labute approximate surface area is 191 Å². The van der Waals surface area contributed by atoms with E-state index < -0.39 is 5.60 Å². The van der Waals surface area contributed by atoms with Crippen LogP contribution in [0.2, 0.25) is 0 Å². The van der Waals surface area contributed by atoms with Crippen LogP contribution >= 0.6 is 0 Å². The molecule has 0 saturated carbocycles. The monoisotopic (exact) mass is 443 g/mol. The molecule has 2 fully saturated rings. The SMILES string of the molecule is CC1CCCCN1C(=O)CN1CCOC2(CCCCc3ccccc3OCCNC2=O)C1. The van der Waals surface area contributed by atoms with Gasteiger partial charge in [-0.05, 0) is 63.5 Å². The minimum absolute atomic E-state index is 0.0848. The largest absolute Gasteiger partial charge is 0.491 e. The van der Waals surface area contributed by atoms with Crippen molar-refractivity contribution in [2.75, 3.05) is 45.9 Å². The highest BCUT2D eigenvalue weighted by Crippen LogP contribution is 2.28. The van der Waals surface area contributed by atoms with Gasteiger partial charge in [0.15, 0.2) is 5.60 Å². The molecule has 32 heavy (non-hydrogen) atoms. The number of hydrogen-bond donors (Lipinski definition) is 1. The van der Waals surface area contributed by atoms with E-state index in [-0.39, 0.29) is 11.8 Å². The van der Waals surface area contributed by atoms with E-state index >= 15 is 0 Å². The zero-order valence-electron chi connectivity index (χ0n) is 19.3. The third-order valence-corrected chi connectivity index (χ3v) is 7.06. The first-order chi connectivity index (χ1) is 15.6. The summed E-state index contributed by atoms with van der Waals surface area (Å²) in [7, 11) is 0. The van der Waals surface area contributed by atoms with Crippen LogP contribution < -0.4 is 10.1 Å². The first-order valence-corrected chi connectivity index (χ1v) is 12.2. The molecular formula is C25H37N3O4. The molecule has 1 aromatic rings. The Bertz CT molecular complexity index is 801. The average Bonchev–Trinajstić information content (AvgIpc) is 2.80. The second-order valence-electron chi connectivity index (χ2n) is 9.40. The zero-order chi connectivity index (χ0) is 22.4. The number of ether oxygens (including phenoxy) is 2. The summed E-state index contributed by atoms with van der Waals surface area (Å²) < 4.78 is 12.1. The highest BCUT2D eigenvalue weighted by Gasteiger charge is 2.43. The number of likely N-dealkylation sites (tertiary alicyclic amines) is 1. The first kappa shape index (κ1) is 23.1. The molecule has 2 saturated heterocycles. The summed E-state index contributed by atoms with van der Waals surface area (Å²) in [6, 6.07) is 8.43. The molecule has 176 valence electrons. The maximum Gasteiger partial charge on any atom is 0.253 e. The van der Waals surface area contributed by atoms with Crippen LogP contribution in [0.25, 0.3) is 0 Å². The van der Waals surface area contributed by atoms with E-state index in [2.05, 4.69) is 23.2 Å². The Morgan fingerprint density at radius 3 is 2.91 bits per heavy atom. The van der Waals surface area contributed by atoms with Crippen molar-refractivity contribution in [3.8, 4) is 5.75 Å². The van der Waals surface area contributed by atoms with Crippen molar-refractivity contribution in [1.29, 1.82) is 0 Å². The van der Waals surface area contributed by atoms with E-state index in [0.717, 1.165) is 44.4 Å². The molecule has 2 amide bonds. The van der Waals surface area contributed by atoms with Gasteiger partial charge in [-0.2, -0.15) is 0 Å². The molecule has 2 unspecified atom stereocenters. The first-order valence-electron chi connectivity index (χ1n) is 12.2. The Kier molecular flexibility index (Phi) is 7.68. The van der Waals surface area contributed by atoms with Crippen LogP contribution in [0.4, 0.5) is 0 Å². The molecule has 3 aliphatic rings. The second kappa shape index (κ2) is 10.7. The predicted molar refractivity (Wildman–Crippen MR) is 123 cm³/mol. The minimum atomic E-state index is -0.898. The van der Waals surface area contributed by atoms with Crippen molar-refractivity contribution in [3.05, 3.63) is 29.8 Å². The number of benzene rings is 1. The van der Waals surface area contributed by atoms with Gasteiger partial charge in [0.05, 0.1) is 19.7 Å². The van der Waals surface area contributed by atoms with Crippen molar-refractivity contribution in [2.24, 2.45) is 0 Å². The van der Waals surface area contributed by atoms with Crippen LogP contribution in [0.5, 0.6) is 5.75 Å². The number of fused-ring (bicyclic) bond motifs is 1. The number of hydrogen-bond acceptors (Lipinski definition) is 5. The number of amides is 2. The van der Waals surface area contributed by atoms with E-state index in [1.54, 1.807) is 0 Å². The zero-order valence-corrected chi connectivity index (χ0v) is 19.3. The number of para-hydroxylation sites is 1. The Morgan fingerprint density at radius 1 is 1.16 bits per heavy atom. The van der Waals surface area contributed by atoms with Gasteiger partial charge in [-0.15, -0.1) is 0 Å². The molecule has 2 atom stereocenters. The number of carbonyl (C=O) groups excluding carboxylic acids is 2. The van der Waals surface area contributed by atoms with E-state index in [4.69, 9.17) is 9.47 Å². The lowest BCUT2D eigenvalue weighted by Gasteiger charge is -2.42. The highest BCUT2D eigenvalue weighted by atomic mass is 16.5. The van der Waals surface area contributed by atoms with Crippen molar-refractivity contribution in [2.45, 2.75) is 63.5 Å². The number of morpholine rings is 1. The van der Waals surface area contributed by atoms with Crippen LogP contribution in [0.15, 0.2) is 24.3 Å². The maximum absolute atomic E-state index is 13.2. The lowest BCUT2D eigenvalue weighted by Crippen LogP contribution is -2.61. The number of nitrogens with one attached hydrogen (secondary N) is 1. The van der Waals surface area contributed by atoms with E-state index in [1.165, 1.54) is 12.0 Å². The van der Waals surface area contributed by atoms with Gasteiger partial charge < -0.3 is 19.7 Å². The van der Waals surface area contributed by atoms with Crippen LogP contribution in [-0.4, -0.2) is 79.2 Å². The van der Waals surface area contributed by atoms with Crippen molar-refractivity contribution < 1.29 is 19.1 Å². The molecule has 0 bridgehead atoms. The summed E-state index contributed by atoms with van der Waals surface area (Å²) >= 11 is 0. The summed E-state index contributed by atoms with van der Waals surface area (Å²) in [4.78, 5) is 30.3. The Morgan fingerprint density at radius 2 is 2.03 bits per heavy atom. The van der Waals surface area contributed by atoms with E-state index in [9.17, 15) is 9.59 Å². The molecule has 0 aromatic heterocycles. The number of aryl methyl sites for hydroxylation is 1. The average molecular weight is 444 g/mol. The predicted octanol–water partition coefficient (Wildman–Crippen LogP) is 2.38. The van der Waals surface area contributed by atoms with Crippen LogP contribution in [-0.2, 0) is 20.7 Å². The fourth-order valence-corrected chi connectivity index (χ4v) is 5.21. The summed E-state index contributed by atoms with van der Waals surface area (Å²) in [5.41, 5.74) is 0.311. The quantitative estimate of drug-likeness (QED) is 0.760. The van der Waals surface area contributed by atoms with Gasteiger partial charge in [0.2, 0.25) is 5.91 Å². The molecule has 4 rings (SSSR count). The number of piperidine rings is 1. The van der Waals surface area contributed by atoms with Crippen molar-refractivity contribution in [3.63, 3.8) is 0 Å². The molecule has 7 nitrogen and oxygen atoms in total. The van der Waals surface area contributed by atoms with Crippen molar-refractivity contribution in [1.82, 2.24) is 15.1 Å². The van der Waals surface area contributed by atoms with Crippen LogP contribution in [0.3, 0.4) is 0 Å².